The van der Waals surface area contributed by atoms with Crippen LogP contribution in [0.25, 0.3) is 11.1 Å². The molecular weight excluding hydrogens is 555 g/mol. The fourth-order valence-electron chi connectivity index (χ4n) is 5.79. The van der Waals surface area contributed by atoms with E-state index in [9.17, 15) is 35.5 Å². The molecule has 218 valence electrons. The van der Waals surface area contributed by atoms with E-state index in [4.69, 9.17) is 9.47 Å². The molecule has 0 bridgehead atoms. The highest BCUT2D eigenvalue weighted by Gasteiger charge is 2.51. The zero-order chi connectivity index (χ0) is 29.9. The van der Waals surface area contributed by atoms with Crippen molar-refractivity contribution in [1.29, 1.82) is 0 Å². The first kappa shape index (κ1) is 28.8. The summed E-state index contributed by atoms with van der Waals surface area (Å²) in [5, 5.41) is 0. The van der Waals surface area contributed by atoms with Gasteiger partial charge in [0.25, 0.3) is 0 Å². The molecule has 0 radical (unpaired) electrons. The molecule has 2 heterocycles. The van der Waals surface area contributed by atoms with Gasteiger partial charge in [0, 0.05) is 11.6 Å². The predicted octanol–water partition coefficient (Wildman–Crippen LogP) is 9.06. The van der Waals surface area contributed by atoms with Crippen LogP contribution >= 0.6 is 0 Å². The zero-order valence-corrected chi connectivity index (χ0v) is 22.2. The molecule has 0 unspecified atom stereocenters. The van der Waals surface area contributed by atoms with Crippen LogP contribution in [0.4, 0.5) is 35.5 Å². The highest BCUT2D eigenvalue weighted by molar-refractivity contribution is 5.78. The van der Waals surface area contributed by atoms with Gasteiger partial charge in [-0.15, -0.1) is 0 Å². The van der Waals surface area contributed by atoms with E-state index in [0.717, 1.165) is 24.3 Å². The normalized spacial score (nSPS) is 20.9. The molecule has 3 aromatic rings. The topological polar surface area (TPSA) is 38.8 Å². The summed E-state index contributed by atoms with van der Waals surface area (Å²) >= 11 is 0. The van der Waals surface area contributed by atoms with E-state index in [0.29, 0.717) is 16.7 Å². The Kier molecular flexibility index (Phi) is 7.19. The van der Waals surface area contributed by atoms with Crippen LogP contribution < -0.4 is 4.74 Å². The fourth-order valence-corrected chi connectivity index (χ4v) is 5.79. The number of fused-ring (bicyclic) bond motifs is 1. The third-order valence-electron chi connectivity index (χ3n) is 7.73. The zero-order valence-electron chi connectivity index (χ0n) is 22.2. The molecular formula is C30H26F7NO3. The van der Waals surface area contributed by atoms with Gasteiger partial charge < -0.3 is 9.47 Å². The maximum atomic E-state index is 14.8. The lowest BCUT2D eigenvalue weighted by atomic mass is 9.89. The SMILES string of the molecule is COc1cc(F)c(C(C)C)cc1-c1ccc(C(F)(F)F)cc1[C@@H]1CC[C@H]2[C@@H](c3cccc(C(F)(F)F)c3)OC(=O)N12. The first-order valence-electron chi connectivity index (χ1n) is 13.0. The number of ether oxygens (including phenoxy) is 2. The molecule has 4 nitrogen and oxygen atoms in total. The molecule has 0 saturated carbocycles. The van der Waals surface area contributed by atoms with Crippen LogP contribution in [0.2, 0.25) is 0 Å². The number of cyclic esters (lactones) is 1. The number of nitrogens with zero attached hydrogens (tertiary/aromatic N) is 1. The van der Waals surface area contributed by atoms with Gasteiger partial charge in [0.05, 0.1) is 30.3 Å². The second-order valence-corrected chi connectivity index (χ2v) is 10.5. The number of hydrogen-bond acceptors (Lipinski definition) is 3. The smallest absolute Gasteiger partial charge is 0.416 e. The van der Waals surface area contributed by atoms with Crippen LogP contribution in [0.15, 0.2) is 54.6 Å². The summed E-state index contributed by atoms with van der Waals surface area (Å²) in [6.45, 7) is 3.55. The van der Waals surface area contributed by atoms with E-state index in [2.05, 4.69) is 0 Å². The van der Waals surface area contributed by atoms with E-state index < -0.39 is 53.6 Å². The molecule has 3 atom stereocenters. The summed E-state index contributed by atoms with van der Waals surface area (Å²) in [4.78, 5) is 14.4. The van der Waals surface area contributed by atoms with Crippen molar-refractivity contribution in [3.63, 3.8) is 0 Å². The third kappa shape index (κ3) is 5.22. The van der Waals surface area contributed by atoms with E-state index in [1.165, 1.54) is 42.3 Å². The molecule has 2 saturated heterocycles. The lowest BCUT2D eigenvalue weighted by Crippen LogP contribution is -2.31. The number of rotatable bonds is 5. The lowest BCUT2D eigenvalue weighted by molar-refractivity contribution is -0.138. The molecule has 0 N–H and O–H groups in total. The number of hydrogen-bond donors (Lipinski definition) is 0. The van der Waals surface area contributed by atoms with Crippen LogP contribution in [0.3, 0.4) is 0 Å². The molecule has 2 aliphatic heterocycles. The van der Waals surface area contributed by atoms with Crippen molar-refractivity contribution in [2.75, 3.05) is 7.11 Å². The molecule has 41 heavy (non-hydrogen) atoms. The van der Waals surface area contributed by atoms with Gasteiger partial charge in [0.1, 0.15) is 17.7 Å². The van der Waals surface area contributed by atoms with Gasteiger partial charge >= 0.3 is 18.4 Å². The monoisotopic (exact) mass is 581 g/mol. The number of benzene rings is 3. The minimum atomic E-state index is -4.69. The van der Waals surface area contributed by atoms with Crippen molar-refractivity contribution < 1.29 is 45.0 Å². The van der Waals surface area contributed by atoms with Gasteiger partial charge in [-0.3, -0.25) is 4.90 Å². The maximum Gasteiger partial charge on any atom is 0.416 e. The minimum Gasteiger partial charge on any atom is -0.496 e. The second-order valence-electron chi connectivity index (χ2n) is 10.5. The summed E-state index contributed by atoms with van der Waals surface area (Å²) in [6, 6.07) is 8.77. The number of alkyl halides is 6. The summed E-state index contributed by atoms with van der Waals surface area (Å²) in [5.74, 6) is -0.662. The minimum absolute atomic E-state index is 0.105. The van der Waals surface area contributed by atoms with Gasteiger partial charge in [-0.1, -0.05) is 32.0 Å². The van der Waals surface area contributed by atoms with Crippen molar-refractivity contribution in [1.82, 2.24) is 4.90 Å². The van der Waals surface area contributed by atoms with E-state index >= 15 is 0 Å². The van der Waals surface area contributed by atoms with Gasteiger partial charge in [-0.05, 0) is 71.3 Å². The van der Waals surface area contributed by atoms with Gasteiger partial charge in [-0.25, -0.2) is 9.18 Å². The molecule has 11 heteroatoms. The molecule has 1 amide bonds. The van der Waals surface area contributed by atoms with Gasteiger partial charge in [0.2, 0.25) is 0 Å². The summed E-state index contributed by atoms with van der Waals surface area (Å²) in [6.07, 6.45) is -10.6. The van der Waals surface area contributed by atoms with Gasteiger partial charge in [0.15, 0.2) is 0 Å². The molecule has 0 aliphatic carbocycles. The number of halogens is 7. The predicted molar refractivity (Wildman–Crippen MR) is 136 cm³/mol. The Labute approximate surface area is 231 Å². The van der Waals surface area contributed by atoms with Crippen LogP contribution in [0.5, 0.6) is 5.75 Å². The molecule has 2 fully saturated rings. The van der Waals surface area contributed by atoms with E-state index in [-0.39, 0.29) is 35.6 Å². The van der Waals surface area contributed by atoms with Crippen molar-refractivity contribution >= 4 is 6.09 Å². The van der Waals surface area contributed by atoms with Crippen LogP contribution in [-0.4, -0.2) is 24.1 Å². The maximum absolute atomic E-state index is 14.8. The molecule has 0 spiro atoms. The Balaban J connectivity index is 1.62. The Hall–Kier alpha value is -3.76. The number of amides is 1. The van der Waals surface area contributed by atoms with Crippen LogP contribution in [-0.2, 0) is 17.1 Å². The average Bonchev–Trinajstić information content (AvgIpc) is 3.48. The fraction of sp³-hybridized carbons (Fsp3) is 0.367. The quantitative estimate of drug-likeness (QED) is 0.282. The number of carbonyl (C=O) groups excluding carboxylic acids is 1. The molecule has 2 aliphatic rings. The largest absolute Gasteiger partial charge is 0.496 e. The summed E-state index contributed by atoms with van der Waals surface area (Å²) in [5.41, 5.74) is -0.531. The number of carbonyl (C=O) groups is 1. The van der Waals surface area contributed by atoms with Crippen LogP contribution in [0.1, 0.15) is 72.6 Å². The summed E-state index contributed by atoms with van der Waals surface area (Å²) < 4.78 is 107. The Bertz CT molecular complexity index is 1480. The average molecular weight is 582 g/mol. The van der Waals surface area contributed by atoms with E-state index in [1.54, 1.807) is 13.8 Å². The van der Waals surface area contributed by atoms with Gasteiger partial charge in [-0.2, -0.15) is 26.3 Å². The van der Waals surface area contributed by atoms with Crippen LogP contribution in [0, 0.1) is 5.82 Å². The highest BCUT2D eigenvalue weighted by Crippen LogP contribution is 2.51. The lowest BCUT2D eigenvalue weighted by Gasteiger charge is -2.26. The third-order valence-corrected chi connectivity index (χ3v) is 7.73. The Morgan fingerprint density at radius 1 is 0.902 bits per heavy atom. The summed E-state index contributed by atoms with van der Waals surface area (Å²) in [7, 11) is 1.32. The Morgan fingerprint density at radius 2 is 1.59 bits per heavy atom. The van der Waals surface area contributed by atoms with Crippen molar-refractivity contribution in [3.8, 4) is 16.9 Å². The van der Waals surface area contributed by atoms with Crippen molar-refractivity contribution in [2.45, 2.75) is 63.1 Å². The van der Waals surface area contributed by atoms with E-state index in [1.807, 2.05) is 0 Å². The molecule has 0 aromatic heterocycles. The number of methoxy groups -OCH3 is 1. The first-order chi connectivity index (χ1) is 19.2. The Morgan fingerprint density at radius 3 is 2.22 bits per heavy atom. The highest BCUT2D eigenvalue weighted by atomic mass is 19.4. The van der Waals surface area contributed by atoms with Crippen molar-refractivity contribution in [3.05, 3.63) is 88.2 Å². The standard InChI is InChI=1S/C30H26F7NO3/c1-15(2)20-13-22(26(40-3)14-23(20)31)19-8-7-18(30(35,36)37)12-21(19)24-9-10-25-27(41-28(39)38(24)25)16-5-4-6-17(11-16)29(32,33)34/h4-8,11-15,24-25,27H,9-10H2,1-3H3/t24-,25-,27+/m0/s1. The molecule has 5 rings (SSSR count). The molecule has 3 aromatic carbocycles. The van der Waals surface area contributed by atoms with Crippen molar-refractivity contribution in [2.24, 2.45) is 0 Å². The first-order valence-corrected chi connectivity index (χ1v) is 13.0. The second kappa shape index (κ2) is 10.3.